The third kappa shape index (κ3) is 9.01. The van der Waals surface area contributed by atoms with Crippen LogP contribution < -0.4 is 25.6 Å². The smallest absolute Gasteiger partial charge is 0.271 e. The Balaban J connectivity index is 1.37. The number of halogens is 2. The highest BCUT2D eigenvalue weighted by atomic mass is 19.1. The maximum Gasteiger partial charge on any atom is 0.271 e. The van der Waals surface area contributed by atoms with Crippen LogP contribution in [0.15, 0.2) is 70.9 Å². The molecule has 0 aliphatic heterocycles. The summed E-state index contributed by atoms with van der Waals surface area (Å²) in [6.07, 6.45) is 3.42. The Morgan fingerprint density at radius 2 is 1.37 bits per heavy atom. The molecule has 9 nitrogen and oxygen atoms in total. The molecule has 0 fully saturated rings. The number of ether oxygens (including phenoxy) is 2. The average Bonchev–Trinajstić information content (AvgIpc) is 2.90. The van der Waals surface area contributed by atoms with Crippen LogP contribution in [0.25, 0.3) is 0 Å². The molecule has 0 spiro atoms. The van der Waals surface area contributed by atoms with Crippen LogP contribution in [0.2, 0.25) is 0 Å². The summed E-state index contributed by atoms with van der Waals surface area (Å²) < 4.78 is 37.0. The summed E-state index contributed by atoms with van der Waals surface area (Å²) in [6.45, 7) is 0.519. The number of methoxy groups -OCH3 is 2. The molecule has 2 amide bonds. The number of carbonyl (C=O) groups excluding carboxylic acids is 2. The number of benzene rings is 3. The predicted molar refractivity (Wildman–Crippen MR) is 141 cm³/mol. The molecule has 11 heteroatoms. The molecule has 3 aromatic carbocycles. The van der Waals surface area contributed by atoms with Crippen molar-refractivity contribution in [1.29, 1.82) is 0 Å². The van der Waals surface area contributed by atoms with Crippen molar-refractivity contribution >= 4 is 29.9 Å². The first-order valence-corrected chi connectivity index (χ1v) is 11.5. The number of nitrogens with zero attached hydrogens (tertiary/aromatic N) is 2. The zero-order valence-electron chi connectivity index (χ0n) is 20.8. The standard InChI is InChI=1S/C27H27F2N5O4/c1-37-24-12-18(10-21(28)14-24)16-31-33-26(35)4-3-9-30-23-7-5-20(6-8-23)27(36)34-32-17-19-11-22(29)15-25(13-19)38-2/h5-8,10-17,30H,3-4,9H2,1-2H3,(H,33,35)(H,34,36). The highest BCUT2D eigenvalue weighted by Gasteiger charge is 2.05. The zero-order valence-corrected chi connectivity index (χ0v) is 20.8. The van der Waals surface area contributed by atoms with Crippen LogP contribution in [0.4, 0.5) is 14.5 Å². The lowest BCUT2D eigenvalue weighted by molar-refractivity contribution is -0.121. The van der Waals surface area contributed by atoms with Crippen LogP contribution in [0.5, 0.6) is 11.5 Å². The maximum absolute atomic E-state index is 13.5. The van der Waals surface area contributed by atoms with E-state index in [0.29, 0.717) is 41.2 Å². The van der Waals surface area contributed by atoms with Crippen molar-refractivity contribution in [3.63, 3.8) is 0 Å². The van der Waals surface area contributed by atoms with Crippen molar-refractivity contribution in [2.75, 3.05) is 26.1 Å². The van der Waals surface area contributed by atoms with E-state index in [-0.39, 0.29) is 12.3 Å². The van der Waals surface area contributed by atoms with E-state index < -0.39 is 17.5 Å². The predicted octanol–water partition coefficient (Wildman–Crippen LogP) is 4.09. The van der Waals surface area contributed by atoms with Gasteiger partial charge in [-0.1, -0.05) is 0 Å². The van der Waals surface area contributed by atoms with Crippen molar-refractivity contribution in [3.8, 4) is 11.5 Å². The molecular formula is C27H27F2N5O4. The van der Waals surface area contributed by atoms with Gasteiger partial charge < -0.3 is 14.8 Å². The van der Waals surface area contributed by atoms with Gasteiger partial charge in [0.1, 0.15) is 23.1 Å². The monoisotopic (exact) mass is 523 g/mol. The van der Waals surface area contributed by atoms with Gasteiger partial charge in [0.2, 0.25) is 5.91 Å². The fraction of sp³-hybridized carbons (Fsp3) is 0.185. The first-order valence-electron chi connectivity index (χ1n) is 11.5. The number of carbonyl (C=O) groups is 2. The molecule has 0 aromatic heterocycles. The number of hydrazone groups is 2. The second kappa shape index (κ2) is 14.1. The lowest BCUT2D eigenvalue weighted by Crippen LogP contribution is -2.18. The van der Waals surface area contributed by atoms with Crippen molar-refractivity contribution in [1.82, 2.24) is 10.9 Å². The van der Waals surface area contributed by atoms with Crippen LogP contribution in [0.3, 0.4) is 0 Å². The number of hydrogen-bond acceptors (Lipinski definition) is 7. The molecule has 0 aliphatic carbocycles. The zero-order chi connectivity index (χ0) is 27.3. The summed E-state index contributed by atoms with van der Waals surface area (Å²) >= 11 is 0. The molecule has 0 aliphatic rings. The third-order valence-electron chi connectivity index (χ3n) is 5.10. The van der Waals surface area contributed by atoms with Gasteiger partial charge in [-0.3, -0.25) is 9.59 Å². The van der Waals surface area contributed by atoms with Crippen molar-refractivity contribution in [2.45, 2.75) is 12.8 Å². The Bertz CT molecular complexity index is 1310. The Kier molecular flexibility index (Phi) is 10.3. The molecule has 198 valence electrons. The molecule has 3 aromatic rings. The van der Waals surface area contributed by atoms with Crippen molar-refractivity contribution in [3.05, 3.63) is 89.0 Å². The first kappa shape index (κ1) is 27.8. The minimum Gasteiger partial charge on any atom is -0.497 e. The van der Waals surface area contributed by atoms with Crippen LogP contribution >= 0.6 is 0 Å². The number of amides is 2. The van der Waals surface area contributed by atoms with Gasteiger partial charge in [0.05, 0.1) is 26.6 Å². The number of hydrogen-bond donors (Lipinski definition) is 3. The Hall–Kier alpha value is -4.80. The summed E-state index contributed by atoms with van der Waals surface area (Å²) in [5, 5.41) is 10.9. The van der Waals surface area contributed by atoms with Crippen LogP contribution in [-0.2, 0) is 4.79 Å². The maximum atomic E-state index is 13.5. The molecule has 3 N–H and O–H groups in total. The Morgan fingerprint density at radius 1 is 0.816 bits per heavy atom. The van der Waals surface area contributed by atoms with Gasteiger partial charge in [-0.25, -0.2) is 19.6 Å². The fourth-order valence-corrected chi connectivity index (χ4v) is 3.24. The molecule has 0 saturated carbocycles. The lowest BCUT2D eigenvalue weighted by atomic mass is 10.2. The van der Waals surface area contributed by atoms with Gasteiger partial charge in [0.25, 0.3) is 5.91 Å². The quantitative estimate of drug-likeness (QED) is 0.188. The van der Waals surface area contributed by atoms with Gasteiger partial charge >= 0.3 is 0 Å². The van der Waals surface area contributed by atoms with E-state index in [1.807, 2.05) is 0 Å². The van der Waals surface area contributed by atoms with E-state index in [0.717, 1.165) is 5.69 Å². The van der Waals surface area contributed by atoms with Crippen LogP contribution in [0, 0.1) is 11.6 Å². The SMILES string of the molecule is COc1cc(F)cc(C=NNC(=O)CCCNc2ccc(C(=O)NN=Cc3cc(F)cc(OC)c3)cc2)c1. The summed E-state index contributed by atoms with van der Waals surface area (Å²) in [7, 11) is 2.86. The first-order chi connectivity index (χ1) is 18.4. The van der Waals surface area contributed by atoms with Gasteiger partial charge in [-0.2, -0.15) is 10.2 Å². The van der Waals surface area contributed by atoms with E-state index in [1.54, 1.807) is 36.4 Å². The molecule has 0 heterocycles. The van der Waals surface area contributed by atoms with Gasteiger partial charge in [0, 0.05) is 47.5 Å². The second-order valence-corrected chi connectivity index (χ2v) is 7.95. The Morgan fingerprint density at radius 3 is 1.92 bits per heavy atom. The molecule has 0 radical (unpaired) electrons. The van der Waals surface area contributed by atoms with Crippen LogP contribution in [0.1, 0.15) is 34.3 Å². The lowest BCUT2D eigenvalue weighted by Gasteiger charge is -2.07. The van der Waals surface area contributed by atoms with Gasteiger partial charge in [0.15, 0.2) is 0 Å². The van der Waals surface area contributed by atoms with E-state index in [4.69, 9.17) is 9.47 Å². The largest absolute Gasteiger partial charge is 0.497 e. The minimum atomic E-state index is -0.475. The van der Waals surface area contributed by atoms with E-state index in [2.05, 4.69) is 26.4 Å². The molecule has 38 heavy (non-hydrogen) atoms. The number of nitrogens with one attached hydrogen (secondary N) is 3. The summed E-state index contributed by atoms with van der Waals surface area (Å²) in [5.41, 5.74) is 6.85. The van der Waals surface area contributed by atoms with Gasteiger partial charge in [-0.15, -0.1) is 0 Å². The van der Waals surface area contributed by atoms with Crippen LogP contribution in [-0.4, -0.2) is 45.0 Å². The fourth-order valence-electron chi connectivity index (χ4n) is 3.24. The summed E-state index contributed by atoms with van der Waals surface area (Å²) in [4.78, 5) is 24.2. The Labute approximate surface area is 218 Å². The molecular weight excluding hydrogens is 496 g/mol. The average molecular weight is 524 g/mol. The molecule has 3 rings (SSSR count). The second-order valence-electron chi connectivity index (χ2n) is 7.95. The highest BCUT2D eigenvalue weighted by molar-refractivity contribution is 5.95. The minimum absolute atomic E-state index is 0.229. The topological polar surface area (TPSA) is 113 Å². The molecule has 0 bridgehead atoms. The third-order valence-corrected chi connectivity index (χ3v) is 5.10. The highest BCUT2D eigenvalue weighted by Crippen LogP contribution is 2.15. The number of rotatable bonds is 12. The molecule has 0 atom stereocenters. The molecule has 0 saturated heterocycles. The normalized spacial score (nSPS) is 10.9. The van der Waals surface area contributed by atoms with Crippen molar-refractivity contribution in [2.24, 2.45) is 10.2 Å². The van der Waals surface area contributed by atoms with Crippen molar-refractivity contribution < 1.29 is 27.8 Å². The van der Waals surface area contributed by atoms with E-state index in [1.165, 1.54) is 50.9 Å². The summed E-state index contributed by atoms with van der Waals surface area (Å²) in [6, 6.07) is 14.9. The number of anilines is 1. The molecule has 0 unspecified atom stereocenters. The van der Waals surface area contributed by atoms with E-state index in [9.17, 15) is 18.4 Å². The van der Waals surface area contributed by atoms with E-state index >= 15 is 0 Å². The van der Waals surface area contributed by atoms with Gasteiger partial charge in [-0.05, 0) is 55.0 Å². The summed E-state index contributed by atoms with van der Waals surface area (Å²) in [5.74, 6) is -0.949.